The molecule has 0 atom stereocenters. The van der Waals surface area contributed by atoms with Crippen molar-refractivity contribution in [1.82, 2.24) is 14.5 Å². The summed E-state index contributed by atoms with van der Waals surface area (Å²) in [5, 5.41) is 0. The molecular formula is C15H15N3OS. The van der Waals surface area contributed by atoms with Gasteiger partial charge in [-0.2, -0.15) is 0 Å². The predicted octanol–water partition coefficient (Wildman–Crippen LogP) is 3.46. The van der Waals surface area contributed by atoms with E-state index in [1.54, 1.807) is 7.11 Å². The normalized spacial score (nSPS) is 10.9. The first kappa shape index (κ1) is 12.9. The van der Waals surface area contributed by atoms with Crippen LogP contribution in [0.1, 0.15) is 11.1 Å². The summed E-state index contributed by atoms with van der Waals surface area (Å²) >= 11 is 5.41. The minimum Gasteiger partial charge on any atom is -0.481 e. The number of rotatable bonds is 3. The van der Waals surface area contributed by atoms with Gasteiger partial charge in [0.05, 0.1) is 24.7 Å². The Morgan fingerprint density at radius 1 is 1.30 bits per heavy atom. The number of nitrogens with one attached hydrogen (secondary N) is 1. The maximum atomic E-state index is 5.41. The molecule has 0 aliphatic carbocycles. The minimum absolute atomic E-state index is 0.618. The van der Waals surface area contributed by atoms with Gasteiger partial charge < -0.3 is 14.3 Å². The average Bonchev–Trinajstić information content (AvgIpc) is 2.76. The van der Waals surface area contributed by atoms with Crippen molar-refractivity contribution in [2.75, 3.05) is 7.11 Å². The van der Waals surface area contributed by atoms with Crippen LogP contribution in [-0.2, 0) is 6.54 Å². The standard InChI is InChI=1S/C15H15N3OS/c1-10-3-5-12-13(7-10)18(15(20)17-12)9-11-4-6-14(19-2)16-8-11/h3-8H,9H2,1-2H3,(H,17,20). The monoisotopic (exact) mass is 285 g/mol. The van der Waals surface area contributed by atoms with Crippen LogP contribution >= 0.6 is 12.2 Å². The van der Waals surface area contributed by atoms with Crippen molar-refractivity contribution >= 4 is 23.3 Å². The van der Waals surface area contributed by atoms with Crippen molar-refractivity contribution in [2.24, 2.45) is 0 Å². The van der Waals surface area contributed by atoms with E-state index in [4.69, 9.17) is 17.0 Å². The number of fused-ring (bicyclic) bond motifs is 1. The third kappa shape index (κ3) is 2.32. The van der Waals surface area contributed by atoms with Crippen molar-refractivity contribution in [1.29, 1.82) is 0 Å². The van der Waals surface area contributed by atoms with Gasteiger partial charge >= 0.3 is 0 Å². The number of aromatic nitrogens is 3. The molecule has 0 aliphatic heterocycles. The van der Waals surface area contributed by atoms with Crippen LogP contribution in [0.5, 0.6) is 5.88 Å². The van der Waals surface area contributed by atoms with E-state index >= 15 is 0 Å². The van der Waals surface area contributed by atoms with Crippen LogP contribution in [0.3, 0.4) is 0 Å². The average molecular weight is 285 g/mol. The number of nitrogens with zero attached hydrogens (tertiary/aromatic N) is 2. The molecule has 4 nitrogen and oxygen atoms in total. The van der Waals surface area contributed by atoms with E-state index in [0.29, 0.717) is 12.4 Å². The molecule has 0 amide bonds. The summed E-state index contributed by atoms with van der Waals surface area (Å²) in [7, 11) is 1.61. The Labute approximate surface area is 122 Å². The van der Waals surface area contributed by atoms with Crippen LogP contribution in [0.2, 0.25) is 0 Å². The van der Waals surface area contributed by atoms with Crippen molar-refractivity contribution < 1.29 is 4.74 Å². The van der Waals surface area contributed by atoms with Crippen molar-refractivity contribution in [2.45, 2.75) is 13.5 Å². The van der Waals surface area contributed by atoms with Gasteiger partial charge in [0.2, 0.25) is 5.88 Å². The van der Waals surface area contributed by atoms with Crippen molar-refractivity contribution in [3.63, 3.8) is 0 Å². The van der Waals surface area contributed by atoms with E-state index in [9.17, 15) is 0 Å². The lowest BCUT2D eigenvalue weighted by Crippen LogP contribution is -2.00. The van der Waals surface area contributed by atoms with Crippen LogP contribution in [0, 0.1) is 11.7 Å². The molecular weight excluding hydrogens is 270 g/mol. The molecule has 2 heterocycles. The quantitative estimate of drug-likeness (QED) is 0.749. The summed E-state index contributed by atoms with van der Waals surface area (Å²) in [6, 6.07) is 10.1. The maximum absolute atomic E-state index is 5.41. The Hall–Kier alpha value is -2.14. The number of aryl methyl sites for hydroxylation is 1. The first-order valence-corrected chi connectivity index (χ1v) is 6.76. The van der Waals surface area contributed by atoms with E-state index in [-0.39, 0.29) is 0 Å². The lowest BCUT2D eigenvalue weighted by atomic mass is 10.2. The molecule has 0 aliphatic rings. The van der Waals surface area contributed by atoms with Crippen molar-refractivity contribution in [3.05, 3.63) is 52.4 Å². The first-order valence-electron chi connectivity index (χ1n) is 6.35. The van der Waals surface area contributed by atoms with E-state index in [1.165, 1.54) is 5.56 Å². The van der Waals surface area contributed by atoms with Gasteiger partial charge in [0.15, 0.2) is 4.77 Å². The molecule has 102 valence electrons. The molecule has 0 spiro atoms. The fourth-order valence-corrected chi connectivity index (χ4v) is 2.50. The Morgan fingerprint density at radius 2 is 2.15 bits per heavy atom. The second kappa shape index (κ2) is 5.09. The maximum Gasteiger partial charge on any atom is 0.212 e. The van der Waals surface area contributed by atoms with E-state index in [0.717, 1.165) is 21.4 Å². The van der Waals surface area contributed by atoms with Crippen LogP contribution in [0.4, 0.5) is 0 Å². The van der Waals surface area contributed by atoms with Gasteiger partial charge in [0.25, 0.3) is 0 Å². The van der Waals surface area contributed by atoms with Gasteiger partial charge in [-0.15, -0.1) is 0 Å². The van der Waals surface area contributed by atoms with Gasteiger partial charge in [-0.05, 0) is 42.4 Å². The summed E-state index contributed by atoms with van der Waals surface area (Å²) in [5.41, 5.74) is 4.48. The molecule has 3 rings (SSSR count). The highest BCUT2D eigenvalue weighted by molar-refractivity contribution is 7.71. The Balaban J connectivity index is 2.03. The Morgan fingerprint density at radius 3 is 2.85 bits per heavy atom. The SMILES string of the molecule is COc1ccc(Cn2c(=S)[nH]c3ccc(C)cc32)cn1. The largest absolute Gasteiger partial charge is 0.481 e. The fourth-order valence-electron chi connectivity index (χ4n) is 2.23. The zero-order valence-corrected chi connectivity index (χ0v) is 12.2. The molecule has 5 heteroatoms. The zero-order valence-electron chi connectivity index (χ0n) is 11.4. The van der Waals surface area contributed by atoms with Gasteiger partial charge in [0, 0.05) is 12.3 Å². The highest BCUT2D eigenvalue weighted by Gasteiger charge is 2.06. The molecule has 0 bridgehead atoms. The van der Waals surface area contributed by atoms with Crippen LogP contribution in [0.25, 0.3) is 11.0 Å². The van der Waals surface area contributed by atoms with E-state index in [1.807, 2.05) is 18.3 Å². The predicted molar refractivity (Wildman–Crippen MR) is 81.8 cm³/mol. The molecule has 0 saturated carbocycles. The molecule has 20 heavy (non-hydrogen) atoms. The lowest BCUT2D eigenvalue weighted by molar-refractivity contribution is 0.397. The third-order valence-corrected chi connectivity index (χ3v) is 3.60. The van der Waals surface area contributed by atoms with Gasteiger partial charge in [0.1, 0.15) is 0 Å². The molecule has 0 fully saturated rings. The van der Waals surface area contributed by atoms with Crippen LogP contribution in [0.15, 0.2) is 36.5 Å². The fraction of sp³-hybridized carbons (Fsp3) is 0.200. The molecule has 1 aromatic carbocycles. The Bertz CT molecular complexity index is 802. The summed E-state index contributed by atoms with van der Waals surface area (Å²) < 4.78 is 7.88. The highest BCUT2D eigenvalue weighted by atomic mass is 32.1. The first-order chi connectivity index (χ1) is 9.67. The topological polar surface area (TPSA) is 42.8 Å². The number of aromatic amines is 1. The van der Waals surface area contributed by atoms with Crippen LogP contribution < -0.4 is 4.74 Å². The second-order valence-corrected chi connectivity index (χ2v) is 5.13. The molecule has 0 saturated heterocycles. The molecule has 2 aromatic heterocycles. The number of hydrogen-bond donors (Lipinski definition) is 1. The number of ether oxygens (including phenoxy) is 1. The van der Waals surface area contributed by atoms with Crippen molar-refractivity contribution in [3.8, 4) is 5.88 Å². The smallest absolute Gasteiger partial charge is 0.212 e. The number of H-pyrrole nitrogens is 1. The lowest BCUT2D eigenvalue weighted by Gasteiger charge is -2.06. The summed E-state index contributed by atoms with van der Waals surface area (Å²) in [5.74, 6) is 0.618. The third-order valence-electron chi connectivity index (χ3n) is 3.28. The summed E-state index contributed by atoms with van der Waals surface area (Å²) in [6.07, 6.45) is 1.81. The van der Waals surface area contributed by atoms with Gasteiger partial charge in [-0.3, -0.25) is 0 Å². The summed E-state index contributed by atoms with van der Waals surface area (Å²) in [6.45, 7) is 2.77. The zero-order chi connectivity index (χ0) is 14.1. The molecule has 3 aromatic rings. The highest BCUT2D eigenvalue weighted by Crippen LogP contribution is 2.18. The van der Waals surface area contributed by atoms with Gasteiger partial charge in [-0.25, -0.2) is 4.98 Å². The molecule has 0 radical (unpaired) electrons. The van der Waals surface area contributed by atoms with Gasteiger partial charge in [-0.1, -0.05) is 12.1 Å². The number of methoxy groups -OCH3 is 1. The van der Waals surface area contributed by atoms with E-state index in [2.05, 4.69) is 39.7 Å². The minimum atomic E-state index is 0.618. The second-order valence-electron chi connectivity index (χ2n) is 4.75. The Kier molecular flexibility index (Phi) is 3.28. The number of hydrogen-bond acceptors (Lipinski definition) is 3. The number of benzene rings is 1. The molecule has 0 unspecified atom stereocenters. The molecule has 1 N–H and O–H groups in total. The summed E-state index contributed by atoms with van der Waals surface area (Å²) in [4.78, 5) is 7.45. The number of imidazole rings is 1. The van der Waals surface area contributed by atoms with E-state index < -0.39 is 0 Å². The van der Waals surface area contributed by atoms with Crippen LogP contribution in [-0.4, -0.2) is 21.6 Å². The number of pyridine rings is 1.